The number of ether oxygens (including phenoxy) is 1. The molecule has 1 aromatic heterocycles. The van der Waals surface area contributed by atoms with Gasteiger partial charge in [-0.2, -0.15) is 15.0 Å². The lowest BCUT2D eigenvalue weighted by Gasteiger charge is -2.07. The number of aryl methyl sites for hydroxylation is 1. The van der Waals surface area contributed by atoms with Crippen LogP contribution in [0.25, 0.3) is 0 Å². The number of hydrogen-bond acceptors (Lipinski definition) is 7. The number of halogens is 1. The number of hydrogen-bond donors (Lipinski definition) is 1. The van der Waals surface area contributed by atoms with E-state index in [9.17, 15) is 10.1 Å². The summed E-state index contributed by atoms with van der Waals surface area (Å²) in [5, 5.41) is 10.8. The van der Waals surface area contributed by atoms with Gasteiger partial charge in [0.05, 0.1) is 4.92 Å². The normalized spacial score (nSPS) is 10.2. The molecule has 0 unspecified atom stereocenters. The van der Waals surface area contributed by atoms with Crippen molar-refractivity contribution in [2.24, 2.45) is 0 Å². The van der Waals surface area contributed by atoms with E-state index in [1.807, 2.05) is 0 Å². The average molecular weight is 282 g/mol. The average Bonchev–Trinajstić information content (AvgIpc) is 2.30. The van der Waals surface area contributed by atoms with Crippen molar-refractivity contribution in [2.75, 3.05) is 5.73 Å². The number of nitrogen functional groups attached to an aromatic ring is 1. The van der Waals surface area contributed by atoms with Gasteiger partial charge in [-0.1, -0.05) is 12.1 Å². The van der Waals surface area contributed by atoms with Crippen LogP contribution < -0.4 is 10.5 Å². The number of nitrogens with zero attached hydrogens (tertiary/aromatic N) is 4. The molecule has 1 heterocycles. The first-order valence-electron chi connectivity index (χ1n) is 5.06. The molecule has 19 heavy (non-hydrogen) atoms. The maximum absolute atomic E-state index is 10.9. The van der Waals surface area contributed by atoms with Gasteiger partial charge in [0, 0.05) is 6.07 Å². The summed E-state index contributed by atoms with van der Waals surface area (Å²) >= 11 is 5.60. The molecule has 8 nitrogen and oxygen atoms in total. The second kappa shape index (κ2) is 5.02. The predicted molar refractivity (Wildman–Crippen MR) is 67.2 cm³/mol. The van der Waals surface area contributed by atoms with Crippen molar-refractivity contribution in [3.8, 4) is 11.8 Å². The first-order valence-corrected chi connectivity index (χ1v) is 5.44. The number of benzene rings is 1. The van der Waals surface area contributed by atoms with Crippen molar-refractivity contribution in [3.63, 3.8) is 0 Å². The summed E-state index contributed by atoms with van der Waals surface area (Å²) < 4.78 is 5.29. The minimum atomic E-state index is -0.561. The Labute approximate surface area is 112 Å². The van der Waals surface area contributed by atoms with E-state index in [1.165, 1.54) is 6.07 Å². The minimum Gasteiger partial charge on any atom is -0.416 e. The highest BCUT2D eigenvalue weighted by Crippen LogP contribution is 2.33. The van der Waals surface area contributed by atoms with Crippen molar-refractivity contribution in [3.05, 3.63) is 39.2 Å². The fraction of sp³-hybridized carbons (Fsp3) is 0.100. The van der Waals surface area contributed by atoms with Crippen LogP contribution in [0.5, 0.6) is 11.8 Å². The molecule has 2 N–H and O–H groups in total. The summed E-state index contributed by atoms with van der Waals surface area (Å²) in [5.41, 5.74) is 5.75. The van der Waals surface area contributed by atoms with Crippen LogP contribution in [0.2, 0.25) is 5.28 Å². The lowest BCUT2D eigenvalue weighted by molar-refractivity contribution is -0.385. The minimum absolute atomic E-state index is 0.0363. The number of rotatable bonds is 3. The van der Waals surface area contributed by atoms with E-state index in [-0.39, 0.29) is 28.7 Å². The van der Waals surface area contributed by atoms with Gasteiger partial charge in [0.15, 0.2) is 0 Å². The number of nitrogens with two attached hydrogens (primary N) is 1. The molecule has 0 amide bonds. The highest BCUT2D eigenvalue weighted by Gasteiger charge is 2.19. The molecule has 9 heteroatoms. The molecular formula is C10H8ClN5O3. The Morgan fingerprint density at radius 3 is 2.74 bits per heavy atom. The molecule has 2 aromatic rings. The van der Waals surface area contributed by atoms with Crippen LogP contribution in [0.4, 0.5) is 11.6 Å². The zero-order valence-corrected chi connectivity index (χ0v) is 10.5. The van der Waals surface area contributed by atoms with E-state index in [2.05, 4.69) is 15.0 Å². The Morgan fingerprint density at radius 1 is 1.37 bits per heavy atom. The Kier molecular flexibility index (Phi) is 3.43. The van der Waals surface area contributed by atoms with E-state index in [4.69, 9.17) is 22.1 Å². The Morgan fingerprint density at radius 2 is 2.11 bits per heavy atom. The van der Waals surface area contributed by atoms with Gasteiger partial charge in [-0.3, -0.25) is 10.1 Å². The molecule has 0 aliphatic carbocycles. The van der Waals surface area contributed by atoms with Crippen LogP contribution in [-0.4, -0.2) is 19.9 Å². The molecule has 0 aliphatic heterocycles. The molecule has 0 saturated carbocycles. The van der Waals surface area contributed by atoms with Gasteiger partial charge in [0.25, 0.3) is 0 Å². The maximum atomic E-state index is 10.9. The molecule has 0 saturated heterocycles. The molecule has 0 radical (unpaired) electrons. The zero-order valence-electron chi connectivity index (χ0n) is 9.70. The molecule has 0 fully saturated rings. The van der Waals surface area contributed by atoms with E-state index < -0.39 is 4.92 Å². The van der Waals surface area contributed by atoms with Crippen LogP contribution >= 0.6 is 11.6 Å². The third-order valence-corrected chi connectivity index (χ3v) is 2.36. The highest BCUT2D eigenvalue weighted by atomic mass is 35.5. The Bertz CT molecular complexity index is 629. The third kappa shape index (κ3) is 2.86. The number of aromatic nitrogens is 3. The van der Waals surface area contributed by atoms with Crippen LogP contribution in [0.3, 0.4) is 0 Å². The van der Waals surface area contributed by atoms with Crippen LogP contribution in [0.15, 0.2) is 18.2 Å². The molecular weight excluding hydrogens is 274 g/mol. The van der Waals surface area contributed by atoms with Crippen LogP contribution in [0, 0.1) is 17.0 Å². The fourth-order valence-corrected chi connectivity index (χ4v) is 1.56. The topological polar surface area (TPSA) is 117 Å². The quantitative estimate of drug-likeness (QED) is 0.676. The van der Waals surface area contributed by atoms with Gasteiger partial charge in [-0.15, -0.1) is 0 Å². The van der Waals surface area contributed by atoms with E-state index >= 15 is 0 Å². The summed E-state index contributed by atoms with van der Waals surface area (Å²) in [6.07, 6.45) is 0. The van der Waals surface area contributed by atoms with Gasteiger partial charge in [0.1, 0.15) is 0 Å². The van der Waals surface area contributed by atoms with E-state index in [1.54, 1.807) is 19.1 Å². The summed E-state index contributed by atoms with van der Waals surface area (Å²) in [5.74, 6) is -0.0968. The third-order valence-electron chi connectivity index (χ3n) is 2.19. The fourth-order valence-electron chi connectivity index (χ4n) is 1.40. The zero-order chi connectivity index (χ0) is 14.0. The molecule has 1 aromatic carbocycles. The van der Waals surface area contributed by atoms with Gasteiger partial charge in [-0.05, 0) is 24.1 Å². The van der Waals surface area contributed by atoms with Gasteiger partial charge < -0.3 is 10.5 Å². The van der Waals surface area contributed by atoms with E-state index in [0.717, 1.165) is 0 Å². The lowest BCUT2D eigenvalue weighted by atomic mass is 10.2. The number of nitro groups is 1. The standard InChI is InChI=1S/C10H8ClN5O3/c1-5-3-2-4-6(16(17)18)7(5)19-10-14-8(11)13-9(12)15-10/h2-4H,1H3,(H2,12,13,14,15). The van der Waals surface area contributed by atoms with Crippen molar-refractivity contribution >= 4 is 23.2 Å². The smallest absolute Gasteiger partial charge is 0.328 e. The van der Waals surface area contributed by atoms with Crippen LogP contribution in [0.1, 0.15) is 5.56 Å². The Balaban J connectivity index is 2.45. The summed E-state index contributed by atoms with van der Waals surface area (Å²) in [7, 11) is 0. The monoisotopic (exact) mass is 281 g/mol. The largest absolute Gasteiger partial charge is 0.416 e. The molecule has 98 valence electrons. The molecule has 0 aliphatic rings. The molecule has 0 atom stereocenters. The van der Waals surface area contributed by atoms with Crippen molar-refractivity contribution in [1.82, 2.24) is 15.0 Å². The molecule has 0 spiro atoms. The number of anilines is 1. The number of para-hydroxylation sites is 1. The van der Waals surface area contributed by atoms with Crippen LogP contribution in [-0.2, 0) is 0 Å². The van der Waals surface area contributed by atoms with Crippen molar-refractivity contribution in [2.45, 2.75) is 6.92 Å². The first-order chi connectivity index (χ1) is 8.97. The second-order valence-electron chi connectivity index (χ2n) is 3.53. The molecule has 0 bridgehead atoms. The Hall–Kier alpha value is -2.48. The first kappa shape index (κ1) is 13.0. The predicted octanol–water partition coefficient (Wildman–Crippen LogP) is 2.12. The second-order valence-corrected chi connectivity index (χ2v) is 3.87. The highest BCUT2D eigenvalue weighted by molar-refractivity contribution is 6.28. The summed E-state index contributed by atoms with van der Waals surface area (Å²) in [6.45, 7) is 1.66. The van der Waals surface area contributed by atoms with Crippen molar-refractivity contribution < 1.29 is 9.66 Å². The van der Waals surface area contributed by atoms with E-state index in [0.29, 0.717) is 5.56 Å². The summed E-state index contributed by atoms with van der Waals surface area (Å²) in [6, 6.07) is 4.33. The SMILES string of the molecule is Cc1cccc([N+](=O)[O-])c1Oc1nc(N)nc(Cl)n1. The van der Waals surface area contributed by atoms with Gasteiger partial charge in [0.2, 0.25) is 17.0 Å². The molecule has 2 rings (SSSR count). The van der Waals surface area contributed by atoms with Gasteiger partial charge >= 0.3 is 11.7 Å². The summed E-state index contributed by atoms with van der Waals surface area (Å²) in [4.78, 5) is 21.3. The number of nitro benzene ring substituents is 1. The van der Waals surface area contributed by atoms with Gasteiger partial charge in [-0.25, -0.2) is 0 Å². The van der Waals surface area contributed by atoms with Crippen molar-refractivity contribution in [1.29, 1.82) is 0 Å². The lowest BCUT2D eigenvalue weighted by Crippen LogP contribution is -2.02. The maximum Gasteiger partial charge on any atom is 0.328 e.